The summed E-state index contributed by atoms with van der Waals surface area (Å²) in [5.74, 6) is -1.30. The maximum atomic E-state index is 12.5. The zero-order chi connectivity index (χ0) is 48.4. The fraction of sp³-hybridized carbons (Fsp3) is 0.0926. The summed E-state index contributed by atoms with van der Waals surface area (Å²) >= 11 is 0. The van der Waals surface area contributed by atoms with Crippen LogP contribution in [0.3, 0.4) is 0 Å². The zero-order valence-electron chi connectivity index (χ0n) is 36.6. The molecule has 1 atom stereocenters. The lowest BCUT2D eigenvalue weighted by Gasteiger charge is -2.10. The van der Waals surface area contributed by atoms with Crippen molar-refractivity contribution in [3.05, 3.63) is 204 Å². The van der Waals surface area contributed by atoms with Gasteiger partial charge in [-0.05, 0) is 138 Å². The molecule has 0 bridgehead atoms. The van der Waals surface area contributed by atoms with Gasteiger partial charge in [0, 0.05) is 11.1 Å². The van der Waals surface area contributed by atoms with E-state index in [2.05, 4.69) is 10.6 Å². The second-order valence-electron chi connectivity index (χ2n) is 15.1. The summed E-state index contributed by atoms with van der Waals surface area (Å²) < 4.78 is 11.8. The summed E-state index contributed by atoms with van der Waals surface area (Å²) in [4.78, 5) is 57.6. The van der Waals surface area contributed by atoms with E-state index in [9.17, 15) is 34.2 Å². The number of nitrogens with two attached hydrogens (primary N) is 2. The van der Waals surface area contributed by atoms with Crippen molar-refractivity contribution in [3.63, 3.8) is 0 Å². The fourth-order valence-electron chi connectivity index (χ4n) is 6.66. The molecule has 0 radical (unpaired) electrons. The molecular weight excluding hydrogens is 865 g/mol. The molecule has 0 spiro atoms. The number of carboxylic acids is 3. The van der Waals surface area contributed by atoms with Gasteiger partial charge in [-0.1, -0.05) is 91.3 Å². The van der Waals surface area contributed by atoms with Crippen LogP contribution in [0.1, 0.15) is 60.7 Å². The summed E-state index contributed by atoms with van der Waals surface area (Å²) in [6, 6.07) is 52.9. The number of para-hydroxylation sites is 2. The van der Waals surface area contributed by atoms with Crippen molar-refractivity contribution in [2.45, 2.75) is 25.3 Å². The molecule has 0 aliphatic heterocycles. The zero-order valence-corrected chi connectivity index (χ0v) is 36.6. The third-order valence-corrected chi connectivity index (χ3v) is 10.2. The lowest BCUT2D eigenvalue weighted by atomic mass is 10.1. The Bertz CT molecular complexity index is 2840. The van der Waals surface area contributed by atoms with Crippen molar-refractivity contribution >= 4 is 62.6 Å². The van der Waals surface area contributed by atoms with Gasteiger partial charge in [0.05, 0.1) is 22.5 Å². The first kappa shape index (κ1) is 48.6. The molecule has 0 aromatic heterocycles. The van der Waals surface area contributed by atoms with Crippen LogP contribution in [0.15, 0.2) is 182 Å². The Morgan fingerprint density at radius 3 is 1.21 bits per heavy atom. The van der Waals surface area contributed by atoms with E-state index in [1.807, 2.05) is 84.9 Å². The molecule has 68 heavy (non-hydrogen) atoms. The lowest BCUT2D eigenvalue weighted by Crippen LogP contribution is -2.29. The predicted molar refractivity (Wildman–Crippen MR) is 262 cm³/mol. The third kappa shape index (κ3) is 13.8. The molecule has 0 saturated heterocycles. The number of amides is 2. The van der Waals surface area contributed by atoms with Gasteiger partial charge in [0.25, 0.3) is 11.8 Å². The highest BCUT2D eigenvalue weighted by Gasteiger charge is 2.15. The molecule has 344 valence electrons. The Morgan fingerprint density at radius 1 is 0.456 bits per heavy atom. The van der Waals surface area contributed by atoms with E-state index in [1.54, 1.807) is 84.9 Å². The standard InChI is InChI=1S/2C24H17NO4.C6H14N2O2/c2*26-23(25-22-8-4-3-7-21(22)24(27)28)17-10-12-19(13-11-17)29-20-14-9-16-5-1-2-6-18(16)15-20;7-4-2-1-3-5(8)6(9)10/h2*1-15H,(H,25,26)(H,27,28);5H,1-4,7-8H2,(H,9,10). The molecule has 14 heteroatoms. The van der Waals surface area contributed by atoms with Gasteiger partial charge in [-0.3, -0.25) is 14.4 Å². The fourth-order valence-corrected chi connectivity index (χ4v) is 6.66. The molecule has 0 saturated carbocycles. The maximum Gasteiger partial charge on any atom is 0.337 e. The van der Waals surface area contributed by atoms with Gasteiger partial charge in [0.2, 0.25) is 0 Å². The number of unbranched alkanes of at least 4 members (excludes halogenated alkanes) is 1. The Kier molecular flexibility index (Phi) is 17.1. The number of hydrogen-bond donors (Lipinski definition) is 7. The lowest BCUT2D eigenvalue weighted by molar-refractivity contribution is -0.138. The SMILES string of the molecule is NCCCCC(N)C(=O)O.O=C(Nc1ccccc1C(=O)O)c1ccc(Oc2ccc3ccccc3c2)cc1.O=C(Nc1ccccc1C(=O)O)c1ccc(Oc2ccc3ccccc3c2)cc1. The Morgan fingerprint density at radius 2 is 0.824 bits per heavy atom. The van der Waals surface area contributed by atoms with Gasteiger partial charge >= 0.3 is 17.9 Å². The first-order valence-electron chi connectivity index (χ1n) is 21.4. The van der Waals surface area contributed by atoms with E-state index in [0.717, 1.165) is 34.4 Å². The van der Waals surface area contributed by atoms with Crippen LogP contribution in [-0.4, -0.2) is 57.6 Å². The van der Waals surface area contributed by atoms with E-state index in [4.69, 9.17) is 26.0 Å². The second kappa shape index (κ2) is 23.9. The summed E-state index contributed by atoms with van der Waals surface area (Å²) in [6.45, 7) is 0.604. The van der Waals surface area contributed by atoms with Crippen LogP contribution in [0.2, 0.25) is 0 Å². The number of ether oxygens (including phenoxy) is 2. The van der Waals surface area contributed by atoms with Gasteiger partial charge in [-0.25, -0.2) is 9.59 Å². The number of aliphatic carboxylic acids is 1. The van der Waals surface area contributed by atoms with Crippen molar-refractivity contribution in [2.24, 2.45) is 11.5 Å². The molecule has 8 rings (SSSR count). The Labute approximate surface area is 391 Å². The molecule has 9 N–H and O–H groups in total. The number of hydrogen-bond acceptors (Lipinski definition) is 9. The van der Waals surface area contributed by atoms with E-state index in [0.29, 0.717) is 47.1 Å². The number of nitrogens with one attached hydrogen (secondary N) is 2. The molecule has 0 aliphatic carbocycles. The summed E-state index contributed by atoms with van der Waals surface area (Å²) in [5, 5.41) is 36.5. The highest BCUT2D eigenvalue weighted by Crippen LogP contribution is 2.28. The van der Waals surface area contributed by atoms with E-state index in [-0.39, 0.29) is 22.5 Å². The Balaban J connectivity index is 0.000000187. The van der Waals surface area contributed by atoms with Gasteiger partial charge in [0.1, 0.15) is 29.0 Å². The van der Waals surface area contributed by atoms with Gasteiger partial charge in [-0.15, -0.1) is 0 Å². The first-order valence-corrected chi connectivity index (χ1v) is 21.4. The highest BCUT2D eigenvalue weighted by atomic mass is 16.5. The van der Waals surface area contributed by atoms with Crippen molar-refractivity contribution in [2.75, 3.05) is 17.2 Å². The van der Waals surface area contributed by atoms with Crippen LogP contribution in [0, 0.1) is 0 Å². The highest BCUT2D eigenvalue weighted by molar-refractivity contribution is 6.08. The molecule has 1 unspecified atom stereocenters. The quantitative estimate of drug-likeness (QED) is 0.0475. The number of anilines is 2. The van der Waals surface area contributed by atoms with Crippen LogP contribution in [0.5, 0.6) is 23.0 Å². The van der Waals surface area contributed by atoms with Crippen molar-refractivity contribution in [1.29, 1.82) is 0 Å². The largest absolute Gasteiger partial charge is 0.480 e. The summed E-state index contributed by atoms with van der Waals surface area (Å²) in [5.41, 5.74) is 11.8. The number of rotatable bonds is 15. The smallest absolute Gasteiger partial charge is 0.337 e. The molecule has 8 aromatic carbocycles. The van der Waals surface area contributed by atoms with E-state index >= 15 is 0 Å². The minimum absolute atomic E-state index is 0.0390. The average Bonchev–Trinajstić information content (AvgIpc) is 3.35. The van der Waals surface area contributed by atoms with E-state index < -0.39 is 35.8 Å². The van der Waals surface area contributed by atoms with Crippen molar-refractivity contribution in [3.8, 4) is 23.0 Å². The van der Waals surface area contributed by atoms with Gasteiger partial charge in [-0.2, -0.15) is 0 Å². The molecule has 0 heterocycles. The van der Waals surface area contributed by atoms with Crippen molar-refractivity contribution in [1.82, 2.24) is 0 Å². The van der Waals surface area contributed by atoms with Gasteiger partial charge < -0.3 is 46.9 Å². The topological polar surface area (TPSA) is 241 Å². The molecule has 0 fully saturated rings. The average molecular weight is 913 g/mol. The minimum Gasteiger partial charge on any atom is -0.480 e. The van der Waals surface area contributed by atoms with Crippen LogP contribution in [0.4, 0.5) is 11.4 Å². The number of aromatic carboxylic acids is 2. The number of fused-ring (bicyclic) bond motifs is 2. The van der Waals surface area contributed by atoms with Gasteiger partial charge in [0.15, 0.2) is 0 Å². The molecule has 14 nitrogen and oxygen atoms in total. The number of benzene rings is 8. The summed E-state index contributed by atoms with van der Waals surface area (Å²) in [7, 11) is 0. The van der Waals surface area contributed by atoms with E-state index in [1.165, 1.54) is 12.1 Å². The summed E-state index contributed by atoms with van der Waals surface area (Å²) in [6.07, 6.45) is 2.16. The predicted octanol–water partition coefficient (Wildman–Crippen LogP) is 10.7. The minimum atomic E-state index is -1.10. The van der Waals surface area contributed by atoms with Crippen LogP contribution in [0.25, 0.3) is 21.5 Å². The number of carboxylic acid groups (broad SMARTS) is 3. The molecular formula is C54H48N4O10. The van der Waals surface area contributed by atoms with Crippen LogP contribution >= 0.6 is 0 Å². The molecule has 2 amide bonds. The molecule has 8 aromatic rings. The van der Waals surface area contributed by atoms with Crippen LogP contribution in [-0.2, 0) is 4.79 Å². The first-order chi connectivity index (χ1) is 32.9. The maximum absolute atomic E-state index is 12.5. The third-order valence-electron chi connectivity index (χ3n) is 10.2. The monoisotopic (exact) mass is 912 g/mol. The normalized spacial score (nSPS) is 10.9. The van der Waals surface area contributed by atoms with Crippen LogP contribution < -0.4 is 31.6 Å². The number of carbonyl (C=O) groups excluding carboxylic acids is 2. The number of carbonyl (C=O) groups is 5. The second-order valence-corrected chi connectivity index (χ2v) is 15.1. The Hall–Kier alpha value is -8.85. The van der Waals surface area contributed by atoms with Crippen molar-refractivity contribution < 1.29 is 48.8 Å². The molecule has 0 aliphatic rings.